The molecule has 1 aromatic heterocycles. The minimum absolute atomic E-state index is 0.0644. The van der Waals surface area contributed by atoms with Gasteiger partial charge in [0, 0.05) is 22.9 Å². The number of amides is 1. The number of hydrogen-bond donors (Lipinski definition) is 4. The smallest absolute Gasteiger partial charge is 0.327 e. The molecular formula is C13H14N2O3S. The number of para-hydroxylation sites is 1. The van der Waals surface area contributed by atoms with Gasteiger partial charge in [0.25, 0.3) is 0 Å². The molecule has 19 heavy (non-hydrogen) atoms. The number of hydrogen-bond acceptors (Lipinski definition) is 3. The number of rotatable bonds is 5. The van der Waals surface area contributed by atoms with Crippen molar-refractivity contribution in [2.24, 2.45) is 0 Å². The zero-order chi connectivity index (χ0) is 13.8. The van der Waals surface area contributed by atoms with Crippen LogP contribution in [0.15, 0.2) is 30.5 Å². The molecule has 0 unspecified atom stereocenters. The van der Waals surface area contributed by atoms with Gasteiger partial charge in [-0.3, -0.25) is 4.79 Å². The van der Waals surface area contributed by atoms with E-state index >= 15 is 0 Å². The maximum atomic E-state index is 11.8. The number of aromatic nitrogens is 1. The topological polar surface area (TPSA) is 82.2 Å². The van der Waals surface area contributed by atoms with Crippen molar-refractivity contribution in [1.82, 2.24) is 10.3 Å². The Morgan fingerprint density at radius 1 is 1.37 bits per heavy atom. The molecule has 3 N–H and O–H groups in total. The van der Waals surface area contributed by atoms with E-state index in [-0.39, 0.29) is 18.1 Å². The Balaban J connectivity index is 2.09. The summed E-state index contributed by atoms with van der Waals surface area (Å²) in [6.07, 6.45) is 1.91. The summed E-state index contributed by atoms with van der Waals surface area (Å²) in [5, 5.41) is 12.3. The molecule has 2 rings (SSSR count). The van der Waals surface area contributed by atoms with E-state index in [0.29, 0.717) is 0 Å². The lowest BCUT2D eigenvalue weighted by molar-refractivity contribution is -0.141. The summed E-state index contributed by atoms with van der Waals surface area (Å²) in [7, 11) is 0. The molecule has 5 nitrogen and oxygen atoms in total. The van der Waals surface area contributed by atoms with Gasteiger partial charge in [0.05, 0.1) is 6.42 Å². The predicted molar refractivity (Wildman–Crippen MR) is 75.4 cm³/mol. The van der Waals surface area contributed by atoms with Crippen LogP contribution in [0, 0.1) is 0 Å². The van der Waals surface area contributed by atoms with Gasteiger partial charge in [-0.1, -0.05) is 18.2 Å². The number of carboxylic acid groups (broad SMARTS) is 1. The highest BCUT2D eigenvalue weighted by molar-refractivity contribution is 7.80. The van der Waals surface area contributed by atoms with E-state index < -0.39 is 12.0 Å². The van der Waals surface area contributed by atoms with Gasteiger partial charge in [-0.15, -0.1) is 0 Å². The molecular weight excluding hydrogens is 264 g/mol. The molecule has 0 bridgehead atoms. The first-order chi connectivity index (χ1) is 9.11. The highest BCUT2D eigenvalue weighted by Gasteiger charge is 2.18. The van der Waals surface area contributed by atoms with Gasteiger partial charge in [-0.25, -0.2) is 4.79 Å². The molecule has 0 saturated heterocycles. The molecule has 0 saturated carbocycles. The molecule has 1 aromatic carbocycles. The van der Waals surface area contributed by atoms with Gasteiger partial charge >= 0.3 is 5.97 Å². The summed E-state index contributed by atoms with van der Waals surface area (Å²) in [6, 6.07) is 6.68. The van der Waals surface area contributed by atoms with E-state index in [1.165, 1.54) is 0 Å². The highest BCUT2D eigenvalue weighted by Crippen LogP contribution is 2.17. The first kappa shape index (κ1) is 13.5. The van der Waals surface area contributed by atoms with E-state index in [2.05, 4.69) is 22.9 Å². The summed E-state index contributed by atoms with van der Waals surface area (Å²) in [5.41, 5.74) is 1.80. The Morgan fingerprint density at radius 2 is 2.11 bits per heavy atom. The van der Waals surface area contributed by atoms with Crippen LogP contribution < -0.4 is 5.32 Å². The maximum Gasteiger partial charge on any atom is 0.327 e. The van der Waals surface area contributed by atoms with Crippen LogP contribution in [-0.4, -0.2) is 33.8 Å². The van der Waals surface area contributed by atoms with Crippen LogP contribution in [-0.2, 0) is 16.0 Å². The summed E-state index contributed by atoms with van der Waals surface area (Å²) in [4.78, 5) is 25.7. The van der Waals surface area contributed by atoms with Gasteiger partial charge < -0.3 is 15.4 Å². The number of carbonyl (C=O) groups is 2. The zero-order valence-corrected chi connectivity index (χ0v) is 11.0. The molecule has 2 aromatic rings. The molecule has 1 amide bonds. The fourth-order valence-electron chi connectivity index (χ4n) is 1.88. The van der Waals surface area contributed by atoms with Crippen molar-refractivity contribution >= 4 is 35.4 Å². The molecule has 0 spiro atoms. The third kappa shape index (κ3) is 3.08. The fraction of sp³-hybridized carbons (Fsp3) is 0.231. The molecule has 0 fully saturated rings. The second kappa shape index (κ2) is 5.79. The average Bonchev–Trinajstić information content (AvgIpc) is 2.79. The largest absolute Gasteiger partial charge is 0.480 e. The van der Waals surface area contributed by atoms with Crippen LogP contribution in [0.1, 0.15) is 5.56 Å². The molecule has 100 valence electrons. The first-order valence-corrected chi connectivity index (χ1v) is 6.43. The van der Waals surface area contributed by atoms with Gasteiger partial charge in [0.2, 0.25) is 5.91 Å². The Labute approximate surface area is 115 Å². The number of benzene rings is 1. The SMILES string of the molecule is O=C(Cc1c[nH]c2ccccc12)N[C@@H](CS)C(=O)O. The quantitative estimate of drug-likeness (QED) is 0.620. The van der Waals surface area contributed by atoms with Crippen molar-refractivity contribution in [2.75, 3.05) is 5.75 Å². The van der Waals surface area contributed by atoms with Crippen molar-refractivity contribution in [1.29, 1.82) is 0 Å². The lowest BCUT2D eigenvalue weighted by Gasteiger charge is -2.11. The van der Waals surface area contributed by atoms with Crippen LogP contribution in [0.4, 0.5) is 0 Å². The van der Waals surface area contributed by atoms with Crippen molar-refractivity contribution in [3.8, 4) is 0 Å². The van der Waals surface area contributed by atoms with Gasteiger partial charge in [-0.05, 0) is 11.6 Å². The van der Waals surface area contributed by atoms with Crippen LogP contribution in [0.2, 0.25) is 0 Å². The minimum Gasteiger partial charge on any atom is -0.480 e. The lowest BCUT2D eigenvalue weighted by Crippen LogP contribution is -2.42. The number of aliphatic carboxylic acids is 1. The molecule has 0 aliphatic heterocycles. The van der Waals surface area contributed by atoms with Crippen molar-refractivity contribution in [3.05, 3.63) is 36.0 Å². The number of fused-ring (bicyclic) bond motifs is 1. The molecule has 6 heteroatoms. The van der Waals surface area contributed by atoms with Gasteiger partial charge in [-0.2, -0.15) is 12.6 Å². The van der Waals surface area contributed by atoms with Gasteiger partial charge in [0.15, 0.2) is 0 Å². The molecule has 1 atom stereocenters. The molecule has 1 heterocycles. The lowest BCUT2D eigenvalue weighted by atomic mass is 10.1. The Kier molecular flexibility index (Phi) is 4.11. The molecule has 0 radical (unpaired) electrons. The van der Waals surface area contributed by atoms with Crippen molar-refractivity contribution in [3.63, 3.8) is 0 Å². The third-order valence-corrected chi connectivity index (χ3v) is 3.21. The molecule has 0 aliphatic carbocycles. The monoisotopic (exact) mass is 278 g/mol. The Morgan fingerprint density at radius 3 is 2.79 bits per heavy atom. The van der Waals surface area contributed by atoms with Crippen LogP contribution in [0.3, 0.4) is 0 Å². The fourth-order valence-corrected chi connectivity index (χ4v) is 2.13. The van der Waals surface area contributed by atoms with E-state index in [1.807, 2.05) is 24.3 Å². The number of H-pyrrole nitrogens is 1. The summed E-state index contributed by atoms with van der Waals surface area (Å²) >= 11 is 3.90. The minimum atomic E-state index is -1.08. The number of thiol groups is 1. The number of nitrogens with one attached hydrogen (secondary N) is 2. The van der Waals surface area contributed by atoms with E-state index in [1.54, 1.807) is 6.20 Å². The molecule has 0 aliphatic rings. The Hall–Kier alpha value is -1.95. The standard InChI is InChI=1S/C13H14N2O3S/c16-12(15-11(7-19)13(17)18)5-8-6-14-10-4-2-1-3-9(8)10/h1-4,6,11,14,19H,5,7H2,(H,15,16)(H,17,18)/t11-/m0/s1. The second-order valence-corrected chi connectivity index (χ2v) is 4.54. The summed E-state index contributed by atoms with van der Waals surface area (Å²) in [6.45, 7) is 0. The van der Waals surface area contributed by atoms with E-state index in [0.717, 1.165) is 16.5 Å². The Bertz CT molecular complexity index is 609. The number of carboxylic acids is 1. The number of aromatic amines is 1. The van der Waals surface area contributed by atoms with Crippen LogP contribution in [0.5, 0.6) is 0 Å². The zero-order valence-electron chi connectivity index (χ0n) is 10.1. The maximum absolute atomic E-state index is 11.8. The predicted octanol–water partition coefficient (Wildman–Crippen LogP) is 1.21. The normalized spacial score (nSPS) is 12.3. The van der Waals surface area contributed by atoms with E-state index in [4.69, 9.17) is 5.11 Å². The van der Waals surface area contributed by atoms with Crippen molar-refractivity contribution < 1.29 is 14.7 Å². The second-order valence-electron chi connectivity index (χ2n) is 4.18. The highest BCUT2D eigenvalue weighted by atomic mass is 32.1. The first-order valence-electron chi connectivity index (χ1n) is 5.80. The summed E-state index contributed by atoms with van der Waals surface area (Å²) in [5.74, 6) is -1.34. The van der Waals surface area contributed by atoms with E-state index in [9.17, 15) is 9.59 Å². The third-order valence-electron chi connectivity index (χ3n) is 2.84. The van der Waals surface area contributed by atoms with Gasteiger partial charge in [0.1, 0.15) is 6.04 Å². The van der Waals surface area contributed by atoms with Crippen LogP contribution >= 0.6 is 12.6 Å². The number of carbonyl (C=O) groups excluding carboxylic acids is 1. The average molecular weight is 278 g/mol. The van der Waals surface area contributed by atoms with Crippen LogP contribution in [0.25, 0.3) is 10.9 Å². The summed E-state index contributed by atoms with van der Waals surface area (Å²) < 4.78 is 0. The van der Waals surface area contributed by atoms with Crippen molar-refractivity contribution in [2.45, 2.75) is 12.5 Å².